The van der Waals surface area contributed by atoms with Gasteiger partial charge in [-0.3, -0.25) is 4.57 Å². The van der Waals surface area contributed by atoms with E-state index in [0.29, 0.717) is 0 Å². The van der Waals surface area contributed by atoms with Gasteiger partial charge in [0.15, 0.2) is 0 Å². The molecule has 3 N–H and O–H groups in total. The molecule has 0 fully saturated rings. The maximum atomic E-state index is 13.0. The van der Waals surface area contributed by atoms with Gasteiger partial charge in [-0.1, -0.05) is 0 Å². The molecule has 0 spiro atoms. The summed E-state index contributed by atoms with van der Waals surface area (Å²) >= 11 is 0. The molecule has 1 aromatic rings. The number of halogens is 2. The first kappa shape index (κ1) is 9.85. The average Bonchev–Trinajstić information content (AvgIpc) is 2.47. The molecule has 1 rings (SSSR count). The van der Waals surface area contributed by atoms with Crippen LogP contribution < -0.4 is 11.1 Å². The van der Waals surface area contributed by atoms with Crippen molar-refractivity contribution in [2.24, 2.45) is 12.8 Å². The highest BCUT2D eigenvalue weighted by molar-refractivity contribution is 5.25. The van der Waals surface area contributed by atoms with E-state index in [2.05, 4.69) is 15.5 Å². The number of hydrogen-bond donors (Lipinski definition) is 2. The van der Waals surface area contributed by atoms with E-state index in [0.717, 1.165) is 0 Å². The SMILES string of the molecule is CNc1nnc(C(F)(F)CN)n1C. The van der Waals surface area contributed by atoms with Gasteiger partial charge in [0, 0.05) is 14.1 Å². The van der Waals surface area contributed by atoms with Crippen LogP contribution >= 0.6 is 0 Å². The molecule has 0 atom stereocenters. The third-order valence-electron chi connectivity index (χ3n) is 1.68. The minimum atomic E-state index is -3.13. The number of anilines is 1. The minimum Gasteiger partial charge on any atom is -0.357 e. The van der Waals surface area contributed by atoms with E-state index in [1.54, 1.807) is 7.05 Å². The van der Waals surface area contributed by atoms with Gasteiger partial charge in [-0.15, -0.1) is 10.2 Å². The number of aromatic nitrogens is 3. The van der Waals surface area contributed by atoms with Gasteiger partial charge in [0.2, 0.25) is 11.8 Å². The lowest BCUT2D eigenvalue weighted by Crippen LogP contribution is -2.28. The summed E-state index contributed by atoms with van der Waals surface area (Å²) in [6.07, 6.45) is 0. The van der Waals surface area contributed by atoms with Crippen LogP contribution in [0, 0.1) is 0 Å². The highest BCUT2D eigenvalue weighted by Crippen LogP contribution is 2.25. The molecule has 0 aliphatic carbocycles. The van der Waals surface area contributed by atoms with Crippen LogP contribution in [0.4, 0.5) is 14.7 Å². The van der Waals surface area contributed by atoms with E-state index < -0.39 is 18.3 Å². The zero-order valence-corrected chi connectivity index (χ0v) is 7.38. The monoisotopic (exact) mass is 191 g/mol. The van der Waals surface area contributed by atoms with Gasteiger partial charge < -0.3 is 11.1 Å². The van der Waals surface area contributed by atoms with Gasteiger partial charge in [-0.25, -0.2) is 0 Å². The summed E-state index contributed by atoms with van der Waals surface area (Å²) in [5.74, 6) is -3.28. The second-order valence-electron chi connectivity index (χ2n) is 2.56. The van der Waals surface area contributed by atoms with Crippen molar-refractivity contribution in [3.8, 4) is 0 Å². The van der Waals surface area contributed by atoms with E-state index in [9.17, 15) is 8.78 Å². The van der Waals surface area contributed by atoms with Gasteiger partial charge in [0.05, 0.1) is 6.54 Å². The Morgan fingerprint density at radius 2 is 2.15 bits per heavy atom. The van der Waals surface area contributed by atoms with Crippen LogP contribution in [-0.2, 0) is 13.0 Å². The first-order valence-corrected chi connectivity index (χ1v) is 3.68. The van der Waals surface area contributed by atoms with Gasteiger partial charge in [-0.2, -0.15) is 8.78 Å². The second kappa shape index (κ2) is 3.25. The first-order chi connectivity index (χ1) is 6.03. The predicted octanol–water partition coefficient (Wildman–Crippen LogP) is -0.0927. The summed E-state index contributed by atoms with van der Waals surface area (Å²) < 4.78 is 27.2. The predicted molar refractivity (Wildman–Crippen MR) is 43.5 cm³/mol. The van der Waals surface area contributed by atoms with Crippen molar-refractivity contribution >= 4 is 5.95 Å². The summed E-state index contributed by atoms with van der Waals surface area (Å²) in [5.41, 5.74) is 4.91. The Morgan fingerprint density at radius 3 is 2.54 bits per heavy atom. The standard InChI is InChI=1S/C6H11F2N5/c1-10-5-12-11-4(13(5)2)6(7,8)3-9/h3,9H2,1-2H3,(H,10,12). The molecule has 13 heavy (non-hydrogen) atoms. The molecule has 7 heteroatoms. The molecule has 1 heterocycles. The summed E-state index contributed by atoms with van der Waals surface area (Å²) in [6, 6.07) is 0. The van der Waals surface area contributed by atoms with Crippen molar-refractivity contribution in [2.75, 3.05) is 18.9 Å². The summed E-state index contributed by atoms with van der Waals surface area (Å²) in [7, 11) is 3.03. The van der Waals surface area contributed by atoms with Crippen molar-refractivity contribution in [3.05, 3.63) is 5.82 Å². The molecule has 1 aromatic heterocycles. The molecular formula is C6H11F2N5. The van der Waals surface area contributed by atoms with Crippen LogP contribution in [0.1, 0.15) is 5.82 Å². The normalized spacial score (nSPS) is 11.8. The minimum absolute atomic E-state index is 0.281. The molecule has 5 nitrogen and oxygen atoms in total. The molecule has 0 bridgehead atoms. The zero-order valence-electron chi connectivity index (χ0n) is 7.38. The lowest BCUT2D eigenvalue weighted by molar-refractivity contribution is -0.00638. The Balaban J connectivity index is 3.09. The Kier molecular flexibility index (Phi) is 2.46. The van der Waals surface area contributed by atoms with Gasteiger partial charge >= 0.3 is 5.92 Å². The molecule has 0 unspecified atom stereocenters. The maximum Gasteiger partial charge on any atom is 0.318 e. The molecule has 0 radical (unpaired) electrons. The van der Waals surface area contributed by atoms with Gasteiger partial charge in [-0.05, 0) is 0 Å². The molecule has 0 saturated carbocycles. The Hall–Kier alpha value is -1.24. The zero-order chi connectivity index (χ0) is 10.1. The number of alkyl halides is 2. The molecule has 74 valence electrons. The Bertz CT molecular complexity index is 295. The lowest BCUT2D eigenvalue weighted by Gasteiger charge is -2.12. The fourth-order valence-corrected chi connectivity index (χ4v) is 0.957. The Labute approximate surface area is 73.9 Å². The van der Waals surface area contributed by atoms with E-state index >= 15 is 0 Å². The maximum absolute atomic E-state index is 13.0. The first-order valence-electron chi connectivity index (χ1n) is 3.68. The smallest absolute Gasteiger partial charge is 0.318 e. The fourth-order valence-electron chi connectivity index (χ4n) is 0.957. The van der Waals surface area contributed by atoms with Gasteiger partial charge in [0.25, 0.3) is 0 Å². The number of nitrogens with one attached hydrogen (secondary N) is 1. The van der Waals surface area contributed by atoms with Crippen molar-refractivity contribution in [1.82, 2.24) is 14.8 Å². The number of nitrogens with zero attached hydrogens (tertiary/aromatic N) is 3. The highest BCUT2D eigenvalue weighted by Gasteiger charge is 2.35. The van der Waals surface area contributed by atoms with E-state index in [1.165, 1.54) is 11.6 Å². The number of rotatable bonds is 3. The second-order valence-corrected chi connectivity index (χ2v) is 2.56. The number of nitrogens with two attached hydrogens (primary N) is 1. The van der Waals surface area contributed by atoms with Crippen molar-refractivity contribution < 1.29 is 8.78 Å². The van der Waals surface area contributed by atoms with Crippen LogP contribution in [0.5, 0.6) is 0 Å². The van der Waals surface area contributed by atoms with Crippen LogP contribution in [0.15, 0.2) is 0 Å². The van der Waals surface area contributed by atoms with Crippen LogP contribution in [0.25, 0.3) is 0 Å². The summed E-state index contributed by atoms with van der Waals surface area (Å²) in [4.78, 5) is 0. The Morgan fingerprint density at radius 1 is 1.54 bits per heavy atom. The average molecular weight is 191 g/mol. The van der Waals surface area contributed by atoms with E-state index in [4.69, 9.17) is 5.73 Å². The lowest BCUT2D eigenvalue weighted by atomic mass is 10.3. The molecule has 0 aliphatic heterocycles. The molecule has 0 aliphatic rings. The third-order valence-corrected chi connectivity index (χ3v) is 1.68. The van der Waals surface area contributed by atoms with Crippen molar-refractivity contribution in [3.63, 3.8) is 0 Å². The topological polar surface area (TPSA) is 68.8 Å². The van der Waals surface area contributed by atoms with E-state index in [-0.39, 0.29) is 5.95 Å². The third kappa shape index (κ3) is 1.59. The van der Waals surface area contributed by atoms with Crippen molar-refractivity contribution in [2.45, 2.75) is 5.92 Å². The largest absolute Gasteiger partial charge is 0.357 e. The fraction of sp³-hybridized carbons (Fsp3) is 0.667. The van der Waals surface area contributed by atoms with Gasteiger partial charge in [0.1, 0.15) is 0 Å². The molecule has 0 saturated heterocycles. The van der Waals surface area contributed by atoms with Crippen LogP contribution in [0.3, 0.4) is 0 Å². The quantitative estimate of drug-likeness (QED) is 0.700. The number of hydrogen-bond acceptors (Lipinski definition) is 4. The highest BCUT2D eigenvalue weighted by atomic mass is 19.3. The van der Waals surface area contributed by atoms with Crippen LogP contribution in [-0.4, -0.2) is 28.4 Å². The summed E-state index contributed by atoms with van der Waals surface area (Å²) in [6.45, 7) is -0.775. The van der Waals surface area contributed by atoms with Crippen molar-refractivity contribution in [1.29, 1.82) is 0 Å². The van der Waals surface area contributed by atoms with E-state index in [1.807, 2.05) is 0 Å². The molecule has 0 amide bonds. The molecular weight excluding hydrogens is 180 g/mol. The summed E-state index contributed by atoms with van der Waals surface area (Å²) in [5, 5.41) is 9.49. The molecule has 0 aromatic carbocycles. The van der Waals surface area contributed by atoms with Crippen LogP contribution in [0.2, 0.25) is 0 Å².